The van der Waals surface area contributed by atoms with Gasteiger partial charge in [-0.15, -0.1) is 11.3 Å². The summed E-state index contributed by atoms with van der Waals surface area (Å²) in [4.78, 5) is 23.9. The maximum Gasteiger partial charge on any atom is 0.308 e. The number of hydrogen-bond acceptors (Lipinski definition) is 3. The van der Waals surface area contributed by atoms with Crippen LogP contribution in [0.1, 0.15) is 28.2 Å². The van der Waals surface area contributed by atoms with E-state index < -0.39 is 17.9 Å². The summed E-state index contributed by atoms with van der Waals surface area (Å²) in [7, 11) is 0. The molecule has 0 aliphatic rings. The molecule has 1 heterocycles. The predicted octanol–water partition coefficient (Wildman–Crippen LogP) is 2.94. The number of benzene rings is 1. The van der Waals surface area contributed by atoms with Gasteiger partial charge < -0.3 is 10.4 Å². The maximum atomic E-state index is 12.1. The molecule has 0 radical (unpaired) electrons. The van der Waals surface area contributed by atoms with E-state index in [0.29, 0.717) is 4.88 Å². The van der Waals surface area contributed by atoms with Gasteiger partial charge in [0.05, 0.1) is 16.8 Å². The second-order valence-electron chi connectivity index (χ2n) is 4.47. The van der Waals surface area contributed by atoms with Gasteiger partial charge in [0.2, 0.25) is 0 Å². The van der Waals surface area contributed by atoms with Crippen molar-refractivity contribution in [1.29, 1.82) is 0 Å². The third-order valence-corrected chi connectivity index (χ3v) is 3.95. The van der Waals surface area contributed by atoms with Crippen molar-refractivity contribution in [2.45, 2.75) is 13.0 Å². The number of rotatable bonds is 5. The largest absolute Gasteiger partial charge is 0.481 e. The normalized spacial score (nSPS) is 13.4. The van der Waals surface area contributed by atoms with Crippen LogP contribution in [0.2, 0.25) is 0 Å². The van der Waals surface area contributed by atoms with Crippen molar-refractivity contribution >= 4 is 23.2 Å². The van der Waals surface area contributed by atoms with E-state index in [9.17, 15) is 14.7 Å². The highest BCUT2D eigenvalue weighted by molar-refractivity contribution is 7.12. The highest BCUT2D eigenvalue weighted by Gasteiger charge is 2.27. The minimum atomic E-state index is -0.940. The summed E-state index contributed by atoms with van der Waals surface area (Å²) in [6.45, 7) is 1.59. The topological polar surface area (TPSA) is 66.4 Å². The number of hydrogen-bond donors (Lipinski definition) is 2. The van der Waals surface area contributed by atoms with Crippen LogP contribution in [-0.4, -0.2) is 17.0 Å². The van der Waals surface area contributed by atoms with Crippen LogP contribution >= 0.6 is 11.3 Å². The lowest BCUT2D eigenvalue weighted by atomic mass is 9.94. The SMILES string of the molecule is C[C@H](C(=O)O)[C@@H](NC(=O)c1cccs1)c1ccccc1. The van der Waals surface area contributed by atoms with Gasteiger partial charge in [0.15, 0.2) is 0 Å². The molecule has 0 unspecified atom stereocenters. The Morgan fingerprint density at radius 3 is 2.40 bits per heavy atom. The fraction of sp³-hybridized carbons (Fsp3) is 0.200. The molecule has 1 amide bonds. The molecule has 2 rings (SSSR count). The Kier molecular flexibility index (Phi) is 4.53. The van der Waals surface area contributed by atoms with Gasteiger partial charge in [0.25, 0.3) is 5.91 Å². The van der Waals surface area contributed by atoms with E-state index >= 15 is 0 Å². The minimum Gasteiger partial charge on any atom is -0.481 e. The van der Waals surface area contributed by atoms with Crippen LogP contribution in [-0.2, 0) is 4.79 Å². The summed E-state index contributed by atoms with van der Waals surface area (Å²) in [6, 6.07) is 12.1. The van der Waals surface area contributed by atoms with Crippen LogP contribution < -0.4 is 5.32 Å². The molecule has 0 aliphatic heterocycles. The molecule has 2 aromatic rings. The molecular formula is C15H15NO3S. The van der Waals surface area contributed by atoms with Crippen LogP contribution in [0.5, 0.6) is 0 Å². The Balaban J connectivity index is 2.24. The van der Waals surface area contributed by atoms with Crippen LogP contribution in [0.25, 0.3) is 0 Å². The summed E-state index contributed by atoms with van der Waals surface area (Å²) in [5.74, 6) is -1.89. The smallest absolute Gasteiger partial charge is 0.308 e. The molecule has 0 saturated carbocycles. The van der Waals surface area contributed by atoms with E-state index in [4.69, 9.17) is 0 Å². The molecular weight excluding hydrogens is 274 g/mol. The highest BCUT2D eigenvalue weighted by atomic mass is 32.1. The minimum absolute atomic E-state index is 0.248. The first kappa shape index (κ1) is 14.3. The standard InChI is InChI=1S/C15H15NO3S/c1-10(15(18)19)13(11-6-3-2-4-7-11)16-14(17)12-8-5-9-20-12/h2-10,13H,1H3,(H,16,17)(H,18,19)/t10-,13+/m0/s1. The van der Waals surface area contributed by atoms with Crippen molar-refractivity contribution in [3.05, 3.63) is 58.3 Å². The molecule has 0 fully saturated rings. The Labute approximate surface area is 121 Å². The Hall–Kier alpha value is -2.14. The lowest BCUT2D eigenvalue weighted by molar-refractivity contribution is -0.142. The number of carbonyl (C=O) groups excluding carboxylic acids is 1. The first-order valence-corrected chi connectivity index (χ1v) is 7.09. The van der Waals surface area contributed by atoms with Crippen molar-refractivity contribution in [3.63, 3.8) is 0 Å². The van der Waals surface area contributed by atoms with Crippen LogP contribution in [0.15, 0.2) is 47.8 Å². The molecule has 0 saturated heterocycles. The molecule has 1 aromatic carbocycles. The van der Waals surface area contributed by atoms with Gasteiger partial charge in [-0.2, -0.15) is 0 Å². The van der Waals surface area contributed by atoms with Crippen LogP contribution in [0.4, 0.5) is 0 Å². The summed E-state index contributed by atoms with van der Waals surface area (Å²) in [6.07, 6.45) is 0. The van der Waals surface area contributed by atoms with Gasteiger partial charge >= 0.3 is 5.97 Å². The van der Waals surface area contributed by atoms with Gasteiger partial charge in [-0.25, -0.2) is 0 Å². The van der Waals surface area contributed by atoms with E-state index in [-0.39, 0.29) is 5.91 Å². The second kappa shape index (κ2) is 6.34. The first-order chi connectivity index (χ1) is 9.59. The third-order valence-electron chi connectivity index (χ3n) is 3.08. The van der Waals surface area contributed by atoms with Crippen molar-refractivity contribution in [2.75, 3.05) is 0 Å². The summed E-state index contributed by atoms with van der Waals surface area (Å²) in [5.41, 5.74) is 0.785. The molecule has 0 spiro atoms. The average molecular weight is 289 g/mol. The number of aliphatic carboxylic acids is 1. The number of carbonyl (C=O) groups is 2. The molecule has 0 aliphatic carbocycles. The Morgan fingerprint density at radius 1 is 1.15 bits per heavy atom. The van der Waals surface area contributed by atoms with E-state index in [2.05, 4.69) is 5.32 Å². The zero-order valence-electron chi connectivity index (χ0n) is 10.9. The quantitative estimate of drug-likeness (QED) is 0.889. The predicted molar refractivity (Wildman–Crippen MR) is 77.8 cm³/mol. The highest BCUT2D eigenvalue weighted by Crippen LogP contribution is 2.23. The molecule has 2 atom stereocenters. The zero-order valence-corrected chi connectivity index (χ0v) is 11.8. The Morgan fingerprint density at radius 2 is 1.85 bits per heavy atom. The number of amides is 1. The number of carboxylic acid groups (broad SMARTS) is 1. The van der Waals surface area contributed by atoms with Gasteiger partial charge in [0, 0.05) is 0 Å². The first-order valence-electron chi connectivity index (χ1n) is 6.21. The third kappa shape index (κ3) is 3.24. The van der Waals surface area contributed by atoms with Crippen molar-refractivity contribution < 1.29 is 14.7 Å². The van der Waals surface area contributed by atoms with Crippen molar-refractivity contribution in [2.24, 2.45) is 5.92 Å². The Bertz CT molecular complexity index is 580. The van der Waals surface area contributed by atoms with E-state index in [1.54, 1.807) is 19.1 Å². The maximum absolute atomic E-state index is 12.1. The number of nitrogens with one attached hydrogen (secondary N) is 1. The molecule has 20 heavy (non-hydrogen) atoms. The summed E-state index contributed by atoms with van der Waals surface area (Å²) < 4.78 is 0. The number of carboxylic acids is 1. The van der Waals surface area contributed by atoms with Gasteiger partial charge in [-0.3, -0.25) is 9.59 Å². The molecule has 2 N–H and O–H groups in total. The molecule has 104 valence electrons. The molecule has 1 aromatic heterocycles. The van der Waals surface area contributed by atoms with E-state index in [0.717, 1.165) is 5.56 Å². The lowest BCUT2D eigenvalue weighted by Gasteiger charge is -2.22. The van der Waals surface area contributed by atoms with Crippen LogP contribution in [0.3, 0.4) is 0 Å². The molecule has 0 bridgehead atoms. The summed E-state index contributed by atoms with van der Waals surface area (Å²) in [5, 5.41) is 13.8. The van der Waals surface area contributed by atoms with Crippen molar-refractivity contribution in [3.8, 4) is 0 Å². The van der Waals surface area contributed by atoms with Gasteiger partial charge in [-0.1, -0.05) is 36.4 Å². The van der Waals surface area contributed by atoms with E-state index in [1.807, 2.05) is 35.7 Å². The zero-order chi connectivity index (χ0) is 14.5. The molecule has 5 heteroatoms. The fourth-order valence-electron chi connectivity index (χ4n) is 1.92. The molecule has 4 nitrogen and oxygen atoms in total. The van der Waals surface area contributed by atoms with Crippen LogP contribution in [0, 0.1) is 5.92 Å². The van der Waals surface area contributed by atoms with Gasteiger partial charge in [0.1, 0.15) is 0 Å². The van der Waals surface area contributed by atoms with E-state index in [1.165, 1.54) is 11.3 Å². The second-order valence-corrected chi connectivity index (χ2v) is 5.41. The summed E-state index contributed by atoms with van der Waals surface area (Å²) >= 11 is 1.33. The number of thiophene rings is 1. The van der Waals surface area contributed by atoms with Crippen molar-refractivity contribution in [1.82, 2.24) is 5.32 Å². The monoisotopic (exact) mass is 289 g/mol. The lowest BCUT2D eigenvalue weighted by Crippen LogP contribution is -2.35. The average Bonchev–Trinajstić information content (AvgIpc) is 2.99. The fourth-order valence-corrected chi connectivity index (χ4v) is 2.55. The van der Waals surface area contributed by atoms with Gasteiger partial charge in [-0.05, 0) is 23.9 Å².